The van der Waals surface area contributed by atoms with Gasteiger partial charge in [0.1, 0.15) is 11.6 Å². The summed E-state index contributed by atoms with van der Waals surface area (Å²) in [4.78, 5) is 16.8. The van der Waals surface area contributed by atoms with E-state index in [0.717, 1.165) is 23.8 Å². The Bertz CT molecular complexity index is 1120. The first-order valence-electron chi connectivity index (χ1n) is 12.2. The number of nitrogens with one attached hydrogen (secondary N) is 1. The molecule has 3 heteroatoms. The first-order chi connectivity index (χ1) is 15.8. The van der Waals surface area contributed by atoms with E-state index >= 15 is 0 Å². The number of benzene rings is 2. The third kappa shape index (κ3) is 5.03. The van der Waals surface area contributed by atoms with Gasteiger partial charge >= 0.3 is 0 Å². The Morgan fingerprint density at radius 2 is 1.42 bits per heavy atom. The molecule has 1 aliphatic carbocycles. The lowest BCUT2D eigenvalue weighted by atomic mass is 9.83. The van der Waals surface area contributed by atoms with Gasteiger partial charge in [-0.2, -0.15) is 0 Å². The second-order valence-electron chi connectivity index (χ2n) is 10.0. The molecule has 1 fully saturated rings. The number of nitrogens with zero attached hydrogens (tertiary/aromatic N) is 1. The summed E-state index contributed by atoms with van der Waals surface area (Å²) in [6, 6.07) is 12.8. The maximum absolute atomic E-state index is 12.1. The second-order valence-corrected chi connectivity index (χ2v) is 10.0. The Morgan fingerprint density at radius 1 is 0.879 bits per heavy atom. The molecule has 1 saturated carbocycles. The van der Waals surface area contributed by atoms with Crippen LogP contribution in [0, 0.1) is 39.5 Å². The van der Waals surface area contributed by atoms with Crippen molar-refractivity contribution in [3.05, 3.63) is 70.4 Å². The highest BCUT2D eigenvalue weighted by Gasteiger charge is 2.21. The van der Waals surface area contributed by atoms with E-state index in [1.54, 1.807) is 0 Å². The van der Waals surface area contributed by atoms with Gasteiger partial charge in [-0.15, -0.1) is 0 Å². The molecule has 0 amide bonds. The maximum Gasteiger partial charge on any atom is 0.139 e. The summed E-state index contributed by atoms with van der Waals surface area (Å²) in [7, 11) is 0. The van der Waals surface area contributed by atoms with Crippen LogP contribution in [0.1, 0.15) is 54.5 Å². The summed E-state index contributed by atoms with van der Waals surface area (Å²) in [5.74, 6) is 2.15. The van der Waals surface area contributed by atoms with E-state index < -0.39 is 0 Å². The lowest BCUT2D eigenvalue weighted by Crippen LogP contribution is -2.10. The summed E-state index contributed by atoms with van der Waals surface area (Å²) in [5.41, 5.74) is 11.2. The molecule has 1 N–H and O–H groups in total. The summed E-state index contributed by atoms with van der Waals surface area (Å²) >= 11 is 0. The zero-order chi connectivity index (χ0) is 23.7. The Labute approximate surface area is 198 Å². The number of carbonyl (C=O) groups excluding carboxylic acids is 1. The Hall–Kier alpha value is -2.94. The van der Waals surface area contributed by atoms with Gasteiger partial charge in [-0.1, -0.05) is 38.1 Å². The molecular formula is C30H36N2O. The number of carbonyl (C=O) groups is 1. The van der Waals surface area contributed by atoms with Crippen LogP contribution in [0.25, 0.3) is 22.3 Å². The van der Waals surface area contributed by atoms with E-state index in [-0.39, 0.29) is 11.7 Å². The van der Waals surface area contributed by atoms with Gasteiger partial charge in [0.25, 0.3) is 0 Å². The standard InChI is InChI=1S/C30H36N2O/c1-18(2)27(33)15-23-9-11-25(12-10-23)29-19(3)21(5)30(22(6)20(29)4)26-13-14-28(32-17-26)31-16-24-7-8-24/h9-14,17-18,24H,7-8,15-16H2,1-6H3,(H,31,32). The third-order valence-corrected chi connectivity index (χ3v) is 7.21. The van der Waals surface area contributed by atoms with Crippen molar-refractivity contribution in [3.8, 4) is 22.3 Å². The normalized spacial score (nSPS) is 13.4. The molecule has 0 spiro atoms. The molecule has 0 atom stereocenters. The van der Waals surface area contributed by atoms with Crippen LogP contribution in [0.4, 0.5) is 5.82 Å². The number of ketones is 1. The average molecular weight is 441 g/mol. The molecule has 0 unspecified atom stereocenters. The van der Waals surface area contributed by atoms with Gasteiger partial charge in [0.15, 0.2) is 0 Å². The van der Waals surface area contributed by atoms with E-state index in [4.69, 9.17) is 0 Å². The highest BCUT2D eigenvalue weighted by Crippen LogP contribution is 2.39. The molecule has 1 aromatic heterocycles. The minimum absolute atomic E-state index is 0.0737. The zero-order valence-electron chi connectivity index (χ0n) is 20.9. The van der Waals surface area contributed by atoms with Crippen molar-refractivity contribution >= 4 is 11.6 Å². The fourth-order valence-corrected chi connectivity index (χ4v) is 4.59. The topological polar surface area (TPSA) is 42.0 Å². The van der Waals surface area contributed by atoms with Gasteiger partial charge in [-0.3, -0.25) is 4.79 Å². The van der Waals surface area contributed by atoms with E-state index in [2.05, 4.69) is 74.4 Å². The molecule has 2 aromatic carbocycles. The number of anilines is 1. The zero-order valence-corrected chi connectivity index (χ0v) is 20.9. The summed E-state index contributed by atoms with van der Waals surface area (Å²) < 4.78 is 0. The second kappa shape index (κ2) is 9.51. The fraction of sp³-hybridized carbons (Fsp3) is 0.400. The van der Waals surface area contributed by atoms with Crippen molar-refractivity contribution < 1.29 is 4.79 Å². The highest BCUT2D eigenvalue weighted by atomic mass is 16.1. The van der Waals surface area contributed by atoms with E-state index in [9.17, 15) is 4.79 Å². The minimum Gasteiger partial charge on any atom is -0.370 e. The van der Waals surface area contributed by atoms with Crippen LogP contribution in [0.3, 0.4) is 0 Å². The molecule has 33 heavy (non-hydrogen) atoms. The van der Waals surface area contributed by atoms with Crippen LogP contribution in [0.5, 0.6) is 0 Å². The number of Topliss-reactive ketones (excluding diaryl/α,β-unsaturated/α-hetero) is 1. The quantitative estimate of drug-likeness (QED) is 0.401. The summed E-state index contributed by atoms with van der Waals surface area (Å²) in [6.07, 6.45) is 5.19. The molecule has 0 bridgehead atoms. The average Bonchev–Trinajstić information content (AvgIpc) is 3.63. The van der Waals surface area contributed by atoms with Crippen LogP contribution in [-0.4, -0.2) is 17.3 Å². The van der Waals surface area contributed by atoms with Crippen LogP contribution < -0.4 is 5.32 Å². The largest absolute Gasteiger partial charge is 0.370 e. The van der Waals surface area contributed by atoms with Crippen molar-refractivity contribution in [1.29, 1.82) is 0 Å². The van der Waals surface area contributed by atoms with Crippen LogP contribution in [0.2, 0.25) is 0 Å². The van der Waals surface area contributed by atoms with E-state index in [1.807, 2.05) is 20.0 Å². The van der Waals surface area contributed by atoms with Gasteiger partial charge in [0.2, 0.25) is 0 Å². The van der Waals surface area contributed by atoms with Crippen molar-refractivity contribution in [3.63, 3.8) is 0 Å². The molecule has 0 aliphatic heterocycles. The van der Waals surface area contributed by atoms with Crippen LogP contribution in [-0.2, 0) is 11.2 Å². The Balaban J connectivity index is 1.63. The number of pyridine rings is 1. The highest BCUT2D eigenvalue weighted by molar-refractivity contribution is 5.84. The van der Waals surface area contributed by atoms with E-state index in [1.165, 1.54) is 57.3 Å². The smallest absolute Gasteiger partial charge is 0.139 e. The molecule has 1 aliphatic rings. The van der Waals surface area contributed by atoms with Gasteiger partial charge < -0.3 is 5.32 Å². The predicted octanol–water partition coefficient (Wildman–Crippen LogP) is 7.24. The minimum atomic E-state index is 0.0737. The monoisotopic (exact) mass is 440 g/mol. The Kier molecular flexibility index (Phi) is 6.69. The number of hydrogen-bond acceptors (Lipinski definition) is 3. The molecule has 3 nitrogen and oxygen atoms in total. The maximum atomic E-state index is 12.1. The predicted molar refractivity (Wildman–Crippen MR) is 139 cm³/mol. The van der Waals surface area contributed by atoms with Crippen LogP contribution >= 0.6 is 0 Å². The van der Waals surface area contributed by atoms with Crippen LogP contribution in [0.15, 0.2) is 42.6 Å². The first-order valence-corrected chi connectivity index (χ1v) is 12.2. The third-order valence-electron chi connectivity index (χ3n) is 7.21. The van der Waals surface area contributed by atoms with Crippen molar-refractivity contribution in [2.45, 2.75) is 60.8 Å². The Morgan fingerprint density at radius 3 is 1.91 bits per heavy atom. The SMILES string of the molecule is Cc1c(C)c(-c2ccc(NCC3CC3)nc2)c(C)c(C)c1-c1ccc(CC(=O)C(C)C)cc1. The van der Waals surface area contributed by atoms with Crippen molar-refractivity contribution in [2.75, 3.05) is 11.9 Å². The molecule has 4 rings (SSSR count). The van der Waals surface area contributed by atoms with Crippen molar-refractivity contribution in [2.24, 2.45) is 11.8 Å². The molecule has 3 aromatic rings. The summed E-state index contributed by atoms with van der Waals surface area (Å²) in [6.45, 7) is 13.8. The first kappa shape index (κ1) is 23.2. The van der Waals surface area contributed by atoms with Crippen molar-refractivity contribution in [1.82, 2.24) is 4.98 Å². The molecular weight excluding hydrogens is 404 g/mol. The number of hydrogen-bond donors (Lipinski definition) is 1. The summed E-state index contributed by atoms with van der Waals surface area (Å²) in [5, 5.41) is 3.46. The van der Waals surface area contributed by atoms with Gasteiger partial charge in [0, 0.05) is 30.6 Å². The molecule has 1 heterocycles. The number of rotatable bonds is 8. The molecule has 0 radical (unpaired) electrons. The molecule has 0 saturated heterocycles. The van der Waals surface area contributed by atoms with Gasteiger partial charge in [-0.05, 0) is 103 Å². The van der Waals surface area contributed by atoms with Gasteiger partial charge in [-0.25, -0.2) is 4.98 Å². The lowest BCUT2D eigenvalue weighted by Gasteiger charge is -2.21. The van der Waals surface area contributed by atoms with Gasteiger partial charge in [0.05, 0.1) is 0 Å². The van der Waals surface area contributed by atoms with E-state index in [0.29, 0.717) is 6.42 Å². The number of aromatic nitrogens is 1. The fourth-order valence-electron chi connectivity index (χ4n) is 4.59. The lowest BCUT2D eigenvalue weighted by molar-refractivity contribution is -0.121. The molecule has 172 valence electrons.